The first-order valence-corrected chi connectivity index (χ1v) is 13.0. The van der Waals surface area contributed by atoms with Crippen LogP contribution >= 0.6 is 0 Å². The standard InChI is InChI=1S/C28H28FN3O6/c1-3-28(36)17-6-21-24-15(8-32(21)25(34)16(17)9-38-26(28)35)23-19(31-27(10-33)11-37-12-27)5-4-14-13(2)18(29)7-20(30-24)22(14)23/h6-7,19,31,33,36H,3-5,8-12H2,1-2H3/t19-,28-/m0/s1. The van der Waals surface area contributed by atoms with Crippen molar-refractivity contribution in [2.24, 2.45) is 0 Å². The van der Waals surface area contributed by atoms with Crippen molar-refractivity contribution in [1.29, 1.82) is 0 Å². The zero-order valence-electron chi connectivity index (χ0n) is 21.2. The summed E-state index contributed by atoms with van der Waals surface area (Å²) in [4.78, 5) is 31.1. The fourth-order valence-corrected chi connectivity index (χ4v) is 6.64. The van der Waals surface area contributed by atoms with Crippen LogP contribution in [0.5, 0.6) is 0 Å². The van der Waals surface area contributed by atoms with Crippen molar-refractivity contribution in [3.05, 3.63) is 61.7 Å². The molecule has 3 aliphatic heterocycles. The molecule has 0 amide bonds. The maximum Gasteiger partial charge on any atom is 0.343 e. The number of fused-ring (bicyclic) bond motifs is 5. The lowest BCUT2D eigenvalue weighted by atomic mass is 9.80. The fraction of sp³-hybridized carbons (Fsp3) is 0.464. The highest BCUT2D eigenvalue weighted by molar-refractivity contribution is 5.93. The molecule has 2 aromatic heterocycles. The molecule has 0 bridgehead atoms. The molecule has 9 nitrogen and oxygen atoms in total. The van der Waals surface area contributed by atoms with Gasteiger partial charge in [0.15, 0.2) is 5.60 Å². The fourth-order valence-electron chi connectivity index (χ4n) is 6.64. The Hall–Kier alpha value is -3.18. The highest BCUT2D eigenvalue weighted by Crippen LogP contribution is 2.46. The first-order valence-electron chi connectivity index (χ1n) is 13.0. The SMILES string of the molecule is CC[C@@]1(O)C(=O)OCc2c1cc1n(c2=O)Cc2c-1nc1cc(F)c(C)c3c1c2[C@@H](NC1(CO)COC1)CC3. The number of hydrogen-bond donors (Lipinski definition) is 3. The van der Waals surface area contributed by atoms with E-state index in [0.717, 1.165) is 22.1 Å². The summed E-state index contributed by atoms with van der Waals surface area (Å²) in [6.45, 7) is 4.19. The summed E-state index contributed by atoms with van der Waals surface area (Å²) in [6.07, 6.45) is 1.39. The molecule has 38 heavy (non-hydrogen) atoms. The Labute approximate surface area is 217 Å². The Morgan fingerprint density at radius 3 is 2.71 bits per heavy atom. The van der Waals surface area contributed by atoms with Crippen molar-refractivity contribution in [2.45, 2.75) is 63.4 Å². The minimum Gasteiger partial charge on any atom is -0.458 e. The molecule has 198 valence electrons. The quantitative estimate of drug-likeness (QED) is 0.348. The maximum absolute atomic E-state index is 15.0. The highest BCUT2D eigenvalue weighted by Gasteiger charge is 2.46. The summed E-state index contributed by atoms with van der Waals surface area (Å²) in [5.74, 6) is -1.11. The van der Waals surface area contributed by atoms with E-state index < -0.39 is 17.1 Å². The van der Waals surface area contributed by atoms with Gasteiger partial charge in [0.05, 0.1) is 54.4 Å². The molecule has 3 N–H and O–H groups in total. The number of ether oxygens (including phenoxy) is 2. The average molecular weight is 522 g/mol. The normalized spacial score (nSPS) is 24.4. The number of carbonyl (C=O) groups is 1. The van der Waals surface area contributed by atoms with Gasteiger partial charge >= 0.3 is 5.97 Å². The molecule has 0 saturated carbocycles. The van der Waals surface area contributed by atoms with E-state index in [0.29, 0.717) is 48.5 Å². The van der Waals surface area contributed by atoms with Gasteiger partial charge in [0.1, 0.15) is 12.4 Å². The van der Waals surface area contributed by atoms with Crippen LogP contribution in [0.3, 0.4) is 0 Å². The Morgan fingerprint density at radius 2 is 2.03 bits per heavy atom. The van der Waals surface area contributed by atoms with Gasteiger partial charge in [0.2, 0.25) is 0 Å². The molecule has 5 heterocycles. The van der Waals surface area contributed by atoms with E-state index in [1.54, 1.807) is 24.5 Å². The third-order valence-corrected chi connectivity index (χ3v) is 8.92. The van der Waals surface area contributed by atoms with Crippen LogP contribution in [0.2, 0.25) is 0 Å². The van der Waals surface area contributed by atoms with Crippen LogP contribution in [0.4, 0.5) is 4.39 Å². The largest absolute Gasteiger partial charge is 0.458 e. The number of esters is 1. The molecule has 0 spiro atoms. The molecule has 0 radical (unpaired) electrons. The zero-order chi connectivity index (χ0) is 26.6. The van der Waals surface area contributed by atoms with Gasteiger partial charge in [-0.05, 0) is 48.9 Å². The number of nitrogens with one attached hydrogen (secondary N) is 1. The Morgan fingerprint density at radius 1 is 1.24 bits per heavy atom. The molecule has 0 unspecified atom stereocenters. The number of halogens is 1. The lowest BCUT2D eigenvalue weighted by Crippen LogP contribution is -2.63. The predicted molar refractivity (Wildman–Crippen MR) is 134 cm³/mol. The maximum atomic E-state index is 15.0. The van der Waals surface area contributed by atoms with Gasteiger partial charge in [0, 0.05) is 28.6 Å². The molecule has 3 aromatic rings. The van der Waals surface area contributed by atoms with E-state index in [2.05, 4.69) is 5.32 Å². The van der Waals surface area contributed by atoms with Crippen molar-refractivity contribution in [2.75, 3.05) is 19.8 Å². The number of benzene rings is 1. The number of cyclic esters (lactones) is 1. The second-order valence-corrected chi connectivity index (χ2v) is 11.0. The number of aromatic nitrogens is 2. The summed E-state index contributed by atoms with van der Waals surface area (Å²) in [5, 5.41) is 25.8. The van der Waals surface area contributed by atoms with Crippen LogP contribution in [0, 0.1) is 12.7 Å². The van der Waals surface area contributed by atoms with Crippen LogP contribution in [0.1, 0.15) is 59.2 Å². The van der Waals surface area contributed by atoms with E-state index in [-0.39, 0.29) is 54.7 Å². The lowest BCUT2D eigenvalue weighted by molar-refractivity contribution is -0.172. The van der Waals surface area contributed by atoms with Gasteiger partial charge in [-0.25, -0.2) is 14.2 Å². The monoisotopic (exact) mass is 521 g/mol. The van der Waals surface area contributed by atoms with E-state index in [1.165, 1.54) is 6.07 Å². The van der Waals surface area contributed by atoms with Gasteiger partial charge in [-0.3, -0.25) is 10.1 Å². The molecule has 10 heteroatoms. The predicted octanol–water partition coefficient (Wildman–Crippen LogP) is 1.87. The van der Waals surface area contributed by atoms with Crippen molar-refractivity contribution in [3.8, 4) is 11.4 Å². The van der Waals surface area contributed by atoms with Crippen molar-refractivity contribution in [3.63, 3.8) is 0 Å². The number of hydrogen-bond acceptors (Lipinski definition) is 8. The van der Waals surface area contributed by atoms with Gasteiger partial charge in [-0.2, -0.15) is 0 Å². The van der Waals surface area contributed by atoms with Crippen molar-refractivity contribution >= 4 is 16.9 Å². The number of aliphatic hydroxyl groups is 2. The number of rotatable bonds is 4. The van der Waals surface area contributed by atoms with Crippen LogP contribution in [-0.2, 0) is 39.4 Å². The Kier molecular flexibility index (Phi) is 4.98. The van der Waals surface area contributed by atoms with Crippen LogP contribution in [0.25, 0.3) is 22.3 Å². The molecule has 2 atom stereocenters. The number of nitrogens with zero attached hydrogens (tertiary/aromatic N) is 2. The molecule has 1 fully saturated rings. The molecule has 1 aliphatic carbocycles. The van der Waals surface area contributed by atoms with Crippen LogP contribution < -0.4 is 10.9 Å². The number of aryl methyl sites for hydroxylation is 1. The van der Waals surface area contributed by atoms with Crippen LogP contribution in [-0.4, -0.2) is 51.1 Å². The number of pyridine rings is 2. The Bertz CT molecular complexity index is 1620. The molecule has 4 aliphatic rings. The molecule has 1 saturated heterocycles. The third kappa shape index (κ3) is 2.97. The summed E-state index contributed by atoms with van der Waals surface area (Å²) in [5.41, 5.74) is 2.50. The zero-order valence-corrected chi connectivity index (χ0v) is 21.2. The van der Waals surface area contributed by atoms with E-state index >= 15 is 4.39 Å². The van der Waals surface area contributed by atoms with E-state index in [9.17, 15) is 19.8 Å². The van der Waals surface area contributed by atoms with E-state index in [4.69, 9.17) is 14.5 Å². The molecule has 1 aromatic carbocycles. The Balaban J connectivity index is 1.50. The smallest absolute Gasteiger partial charge is 0.343 e. The first-order chi connectivity index (χ1) is 18.2. The highest BCUT2D eigenvalue weighted by atomic mass is 19.1. The minimum atomic E-state index is -1.92. The topological polar surface area (TPSA) is 123 Å². The summed E-state index contributed by atoms with van der Waals surface area (Å²) in [6, 6.07) is 2.94. The molecular formula is C28H28FN3O6. The van der Waals surface area contributed by atoms with Gasteiger partial charge in [-0.15, -0.1) is 0 Å². The third-order valence-electron chi connectivity index (χ3n) is 8.92. The summed E-state index contributed by atoms with van der Waals surface area (Å²) >= 11 is 0. The number of carbonyl (C=O) groups excluding carboxylic acids is 1. The van der Waals surface area contributed by atoms with Gasteiger partial charge < -0.3 is 24.3 Å². The minimum absolute atomic E-state index is 0.0517. The second kappa shape index (κ2) is 7.92. The van der Waals surface area contributed by atoms with E-state index in [1.807, 2.05) is 0 Å². The lowest BCUT2D eigenvalue weighted by Gasteiger charge is -2.44. The van der Waals surface area contributed by atoms with Crippen molar-refractivity contribution < 1.29 is 28.9 Å². The first kappa shape index (κ1) is 23.9. The molecule has 7 rings (SSSR count). The summed E-state index contributed by atoms with van der Waals surface area (Å²) < 4.78 is 27.2. The summed E-state index contributed by atoms with van der Waals surface area (Å²) in [7, 11) is 0. The van der Waals surface area contributed by atoms with Crippen molar-refractivity contribution in [1.82, 2.24) is 14.9 Å². The average Bonchev–Trinajstić information content (AvgIpc) is 3.26. The molecular weight excluding hydrogens is 493 g/mol. The number of aliphatic hydroxyl groups excluding tert-OH is 1. The van der Waals surface area contributed by atoms with Crippen LogP contribution in [0.15, 0.2) is 16.9 Å². The van der Waals surface area contributed by atoms with Gasteiger partial charge in [0.25, 0.3) is 5.56 Å². The van der Waals surface area contributed by atoms with Gasteiger partial charge in [-0.1, -0.05) is 6.92 Å². The second-order valence-electron chi connectivity index (χ2n) is 11.0.